The smallest absolute Gasteiger partial charge is 0.264 e. The second-order valence-corrected chi connectivity index (χ2v) is 8.95. The van der Waals surface area contributed by atoms with Gasteiger partial charge in [0.05, 0.1) is 24.7 Å². The Bertz CT molecular complexity index is 1560. The zero-order valence-electron chi connectivity index (χ0n) is 17.7. The molecule has 6 rings (SSSR count). The van der Waals surface area contributed by atoms with Crippen LogP contribution in [-0.2, 0) is 24.1 Å². The Hall–Kier alpha value is -3.43. The van der Waals surface area contributed by atoms with E-state index in [9.17, 15) is 4.79 Å². The third-order valence-electron chi connectivity index (χ3n) is 5.92. The van der Waals surface area contributed by atoms with E-state index in [0.29, 0.717) is 35.8 Å². The molecule has 0 spiro atoms. The van der Waals surface area contributed by atoms with Crippen LogP contribution in [0.2, 0.25) is 0 Å². The number of aryl methyl sites for hydroxylation is 3. The van der Waals surface area contributed by atoms with Crippen LogP contribution < -0.4 is 5.56 Å². The molecule has 0 amide bonds. The van der Waals surface area contributed by atoms with Crippen LogP contribution in [0.15, 0.2) is 41.6 Å². The van der Waals surface area contributed by atoms with Crippen LogP contribution in [0.25, 0.3) is 38.2 Å². The maximum atomic E-state index is 12.9. The van der Waals surface area contributed by atoms with Crippen LogP contribution in [0, 0.1) is 6.92 Å². The molecule has 0 fully saturated rings. The summed E-state index contributed by atoms with van der Waals surface area (Å²) >= 11 is 1.72. The zero-order chi connectivity index (χ0) is 21.8. The molecular formula is C23H20N6O2S. The second-order valence-electron chi connectivity index (χ2n) is 7.86. The van der Waals surface area contributed by atoms with E-state index >= 15 is 0 Å². The van der Waals surface area contributed by atoms with Crippen LogP contribution in [0.3, 0.4) is 0 Å². The zero-order valence-corrected chi connectivity index (χ0v) is 18.5. The van der Waals surface area contributed by atoms with Crippen molar-refractivity contribution in [2.45, 2.75) is 26.3 Å². The summed E-state index contributed by atoms with van der Waals surface area (Å²) in [5.41, 5.74) is 4.08. The van der Waals surface area contributed by atoms with Gasteiger partial charge in [0.15, 0.2) is 11.5 Å². The average molecular weight is 445 g/mol. The van der Waals surface area contributed by atoms with Crippen molar-refractivity contribution in [1.29, 1.82) is 0 Å². The Balaban J connectivity index is 1.63. The van der Waals surface area contributed by atoms with Gasteiger partial charge in [0.2, 0.25) is 0 Å². The minimum absolute atomic E-state index is 0.141. The molecule has 32 heavy (non-hydrogen) atoms. The first kappa shape index (κ1) is 19.3. The third kappa shape index (κ3) is 2.81. The lowest BCUT2D eigenvalue weighted by atomic mass is 9.89. The molecule has 1 aliphatic rings. The molecule has 8 nitrogen and oxygen atoms in total. The number of hydrogen-bond donors (Lipinski definition) is 0. The van der Waals surface area contributed by atoms with Gasteiger partial charge in [-0.3, -0.25) is 9.36 Å². The standard InChI is InChI=1S/C23H20N6O2S/c1-13-26-21(29-20-16(11-25-29)23(30)28(12-24-20)9-10-31-2)19-18-15-6-4-3-5-14(15)7-8-17(18)32-22(19)27-13/h3-6,11-12H,7-10H2,1-2H3. The van der Waals surface area contributed by atoms with E-state index < -0.39 is 0 Å². The SMILES string of the molecule is COCCn1cnc2c(cnn2-c2nc(C)nc3sc4c(c23)-c2ccccc2CC4)c1=O. The first-order chi connectivity index (χ1) is 15.7. The third-order valence-corrected chi connectivity index (χ3v) is 7.06. The van der Waals surface area contributed by atoms with Crippen molar-refractivity contribution >= 4 is 32.6 Å². The molecule has 9 heteroatoms. The van der Waals surface area contributed by atoms with Crippen molar-refractivity contribution in [3.05, 3.63) is 63.4 Å². The molecule has 1 aliphatic carbocycles. The number of ether oxygens (including phenoxy) is 1. The quantitative estimate of drug-likeness (QED) is 0.423. The fourth-order valence-corrected chi connectivity index (χ4v) is 5.65. The first-order valence-electron chi connectivity index (χ1n) is 10.5. The van der Waals surface area contributed by atoms with E-state index in [1.165, 1.54) is 21.6 Å². The number of aromatic nitrogens is 6. The summed E-state index contributed by atoms with van der Waals surface area (Å²) in [5, 5.41) is 5.97. The lowest BCUT2D eigenvalue weighted by Crippen LogP contribution is -2.22. The highest BCUT2D eigenvalue weighted by atomic mass is 32.1. The predicted octanol–water partition coefficient (Wildman–Crippen LogP) is 3.31. The van der Waals surface area contributed by atoms with E-state index in [-0.39, 0.29) is 5.56 Å². The van der Waals surface area contributed by atoms with E-state index in [1.54, 1.807) is 40.2 Å². The predicted molar refractivity (Wildman–Crippen MR) is 124 cm³/mol. The molecule has 0 aliphatic heterocycles. The van der Waals surface area contributed by atoms with Gasteiger partial charge >= 0.3 is 0 Å². The van der Waals surface area contributed by atoms with Gasteiger partial charge in [-0.15, -0.1) is 11.3 Å². The summed E-state index contributed by atoms with van der Waals surface area (Å²) in [6.07, 6.45) is 5.12. The van der Waals surface area contributed by atoms with Crippen molar-refractivity contribution in [3.63, 3.8) is 0 Å². The molecule has 0 saturated carbocycles. The summed E-state index contributed by atoms with van der Waals surface area (Å²) in [6, 6.07) is 8.50. The number of benzene rings is 1. The Morgan fingerprint density at radius 2 is 2.06 bits per heavy atom. The van der Waals surface area contributed by atoms with Gasteiger partial charge in [0.1, 0.15) is 22.4 Å². The molecular weight excluding hydrogens is 424 g/mol. The van der Waals surface area contributed by atoms with E-state index in [1.807, 2.05) is 6.92 Å². The van der Waals surface area contributed by atoms with Gasteiger partial charge in [0, 0.05) is 17.6 Å². The summed E-state index contributed by atoms with van der Waals surface area (Å²) in [6.45, 7) is 2.76. The van der Waals surface area contributed by atoms with Gasteiger partial charge in [0.25, 0.3) is 5.56 Å². The van der Waals surface area contributed by atoms with Crippen LogP contribution in [0.5, 0.6) is 0 Å². The summed E-state index contributed by atoms with van der Waals surface area (Å²) in [4.78, 5) is 29.3. The molecule has 0 N–H and O–H groups in total. The molecule has 0 unspecified atom stereocenters. The lowest BCUT2D eigenvalue weighted by molar-refractivity contribution is 0.186. The molecule has 0 bridgehead atoms. The summed E-state index contributed by atoms with van der Waals surface area (Å²) < 4.78 is 8.32. The van der Waals surface area contributed by atoms with Crippen molar-refractivity contribution in [1.82, 2.24) is 29.3 Å². The van der Waals surface area contributed by atoms with E-state index in [2.05, 4.69) is 34.3 Å². The molecule has 0 atom stereocenters. The normalized spacial score (nSPS) is 12.9. The van der Waals surface area contributed by atoms with Crippen LogP contribution >= 0.6 is 11.3 Å². The number of hydrogen-bond acceptors (Lipinski definition) is 7. The van der Waals surface area contributed by atoms with Crippen LogP contribution in [0.4, 0.5) is 0 Å². The van der Waals surface area contributed by atoms with Gasteiger partial charge in [-0.05, 0) is 30.9 Å². The second kappa shape index (κ2) is 7.32. The average Bonchev–Trinajstić information content (AvgIpc) is 3.40. The molecule has 1 aromatic carbocycles. The monoisotopic (exact) mass is 444 g/mol. The van der Waals surface area contributed by atoms with Gasteiger partial charge in [-0.2, -0.15) is 9.78 Å². The molecule has 5 aromatic rings. The van der Waals surface area contributed by atoms with Crippen molar-refractivity contribution in [3.8, 4) is 16.9 Å². The van der Waals surface area contributed by atoms with Gasteiger partial charge in [-0.25, -0.2) is 15.0 Å². The summed E-state index contributed by atoms with van der Waals surface area (Å²) in [7, 11) is 1.61. The van der Waals surface area contributed by atoms with E-state index in [0.717, 1.165) is 23.1 Å². The Kier molecular flexibility index (Phi) is 4.41. The summed E-state index contributed by atoms with van der Waals surface area (Å²) in [5.74, 6) is 1.33. The maximum Gasteiger partial charge on any atom is 0.264 e. The fraction of sp³-hybridized carbons (Fsp3) is 0.261. The number of thiophene rings is 1. The topological polar surface area (TPSA) is 87.7 Å². The highest BCUT2D eigenvalue weighted by Crippen LogP contribution is 2.45. The van der Waals surface area contributed by atoms with Gasteiger partial charge < -0.3 is 4.74 Å². The first-order valence-corrected chi connectivity index (χ1v) is 11.3. The Morgan fingerprint density at radius 3 is 2.94 bits per heavy atom. The highest BCUT2D eigenvalue weighted by molar-refractivity contribution is 7.19. The molecule has 0 radical (unpaired) electrons. The van der Waals surface area contributed by atoms with Crippen molar-refractivity contribution in [2.24, 2.45) is 0 Å². The fourth-order valence-electron chi connectivity index (χ4n) is 4.43. The number of nitrogens with zero attached hydrogens (tertiary/aromatic N) is 6. The molecule has 160 valence electrons. The van der Waals surface area contributed by atoms with Crippen LogP contribution in [0.1, 0.15) is 16.3 Å². The maximum absolute atomic E-state index is 12.9. The Morgan fingerprint density at radius 1 is 1.19 bits per heavy atom. The molecule has 0 saturated heterocycles. The number of fused-ring (bicyclic) bond motifs is 6. The van der Waals surface area contributed by atoms with E-state index in [4.69, 9.17) is 14.7 Å². The minimum Gasteiger partial charge on any atom is -0.383 e. The van der Waals surface area contributed by atoms with Crippen molar-refractivity contribution in [2.75, 3.05) is 13.7 Å². The highest BCUT2D eigenvalue weighted by Gasteiger charge is 2.26. The number of rotatable bonds is 4. The lowest BCUT2D eigenvalue weighted by Gasteiger charge is -2.17. The molecule has 4 aromatic heterocycles. The van der Waals surface area contributed by atoms with Crippen molar-refractivity contribution < 1.29 is 4.74 Å². The largest absolute Gasteiger partial charge is 0.383 e. The number of methoxy groups -OCH3 is 1. The minimum atomic E-state index is -0.141. The van der Waals surface area contributed by atoms with Gasteiger partial charge in [-0.1, -0.05) is 24.3 Å². The Labute approximate surface area is 187 Å². The molecule has 4 heterocycles. The van der Waals surface area contributed by atoms with Crippen LogP contribution in [-0.4, -0.2) is 43.0 Å².